The Morgan fingerprint density at radius 3 is 2.57 bits per heavy atom. The second kappa shape index (κ2) is 9.46. The van der Waals surface area contributed by atoms with Crippen LogP contribution in [0.15, 0.2) is 41.2 Å². The molecule has 3 aliphatic heterocycles. The van der Waals surface area contributed by atoms with Crippen LogP contribution in [0.5, 0.6) is 0 Å². The van der Waals surface area contributed by atoms with E-state index in [1.54, 1.807) is 12.1 Å². The van der Waals surface area contributed by atoms with Crippen LogP contribution in [-0.2, 0) is 0 Å². The number of H-pyrrole nitrogens is 2. The molecule has 0 spiro atoms. The summed E-state index contributed by atoms with van der Waals surface area (Å²) in [7, 11) is 5.86. The standard InChI is InChI=1S/C28H34FN7O/c1-34(2)12-13-35(3)24-15-22-18(14-19(24)29)26(30-23-16-36-10-8-17(23)9-11-36)25(28(37)33-22)27-31-20-6-4-5-7-21(20)32-27/h4-7,14-15,17,23H,8-13,16H2,1-3H3,(H,31,32)(H2,30,33,37)/t23-/m0/s1. The van der Waals surface area contributed by atoms with Crippen molar-refractivity contribution in [1.82, 2.24) is 24.8 Å². The second-order valence-corrected chi connectivity index (χ2v) is 10.8. The average molecular weight is 504 g/mol. The van der Waals surface area contributed by atoms with Crippen LogP contribution < -0.4 is 15.8 Å². The lowest BCUT2D eigenvalue weighted by Gasteiger charge is -2.45. The third-order valence-electron chi connectivity index (χ3n) is 7.99. The average Bonchev–Trinajstić information content (AvgIpc) is 3.32. The summed E-state index contributed by atoms with van der Waals surface area (Å²) in [4.78, 5) is 31.1. The van der Waals surface area contributed by atoms with Gasteiger partial charge in [0.1, 0.15) is 17.2 Å². The molecule has 3 fully saturated rings. The predicted octanol–water partition coefficient (Wildman–Crippen LogP) is 3.71. The van der Waals surface area contributed by atoms with Gasteiger partial charge in [-0.05, 0) is 70.2 Å². The van der Waals surface area contributed by atoms with Gasteiger partial charge >= 0.3 is 0 Å². The van der Waals surface area contributed by atoms with Gasteiger partial charge in [0, 0.05) is 38.1 Å². The number of nitrogens with one attached hydrogen (secondary N) is 3. The molecule has 2 aromatic heterocycles. The highest BCUT2D eigenvalue weighted by molar-refractivity contribution is 6.00. The number of halogens is 1. The van der Waals surface area contributed by atoms with Gasteiger partial charge in [-0.3, -0.25) is 4.79 Å². The highest BCUT2D eigenvalue weighted by atomic mass is 19.1. The molecule has 3 saturated heterocycles. The number of hydrogen-bond acceptors (Lipinski definition) is 6. The Kier molecular flexibility index (Phi) is 6.12. The molecule has 3 aliphatic rings. The zero-order valence-corrected chi connectivity index (χ0v) is 21.6. The Bertz CT molecular complexity index is 1470. The number of hydrogen-bond donors (Lipinski definition) is 3. The van der Waals surface area contributed by atoms with E-state index in [4.69, 9.17) is 4.98 Å². The van der Waals surface area contributed by atoms with E-state index in [2.05, 4.69) is 25.1 Å². The first-order chi connectivity index (χ1) is 17.9. The lowest BCUT2D eigenvalue weighted by atomic mass is 9.83. The van der Waals surface area contributed by atoms with E-state index in [-0.39, 0.29) is 17.4 Å². The van der Waals surface area contributed by atoms with Crippen LogP contribution in [0.2, 0.25) is 0 Å². The van der Waals surface area contributed by atoms with Crippen molar-refractivity contribution in [1.29, 1.82) is 0 Å². The van der Waals surface area contributed by atoms with Crippen molar-refractivity contribution in [3.05, 3.63) is 52.6 Å². The Hall–Kier alpha value is -3.43. The fourth-order valence-electron chi connectivity index (χ4n) is 5.83. The summed E-state index contributed by atoms with van der Waals surface area (Å²) >= 11 is 0. The number of pyridine rings is 1. The van der Waals surface area contributed by atoms with E-state index in [0.29, 0.717) is 46.1 Å². The second-order valence-electron chi connectivity index (χ2n) is 10.8. The molecule has 4 aromatic rings. The largest absolute Gasteiger partial charge is 0.379 e. The number of para-hydroxylation sites is 2. The molecule has 2 aromatic carbocycles. The molecule has 8 nitrogen and oxygen atoms in total. The van der Waals surface area contributed by atoms with Crippen molar-refractivity contribution >= 4 is 33.3 Å². The zero-order valence-electron chi connectivity index (χ0n) is 21.6. The predicted molar refractivity (Wildman–Crippen MR) is 148 cm³/mol. The summed E-state index contributed by atoms with van der Waals surface area (Å²) < 4.78 is 15.6. The summed E-state index contributed by atoms with van der Waals surface area (Å²) in [6.45, 7) is 4.62. The first-order valence-corrected chi connectivity index (χ1v) is 13.1. The van der Waals surface area contributed by atoms with Crippen LogP contribution in [0.3, 0.4) is 0 Å². The number of benzene rings is 2. The number of nitrogens with zero attached hydrogens (tertiary/aromatic N) is 4. The Labute approximate surface area is 215 Å². The Balaban J connectivity index is 1.50. The molecule has 194 valence electrons. The molecule has 0 saturated carbocycles. The van der Waals surface area contributed by atoms with Crippen molar-refractivity contribution in [2.75, 3.05) is 64.1 Å². The molecule has 7 rings (SSSR count). The normalized spacial score (nSPS) is 21.3. The topological polar surface area (TPSA) is 83.3 Å². The molecule has 0 unspecified atom stereocenters. The summed E-state index contributed by atoms with van der Waals surface area (Å²) in [6.07, 6.45) is 2.27. The highest BCUT2D eigenvalue weighted by Crippen LogP contribution is 2.37. The number of rotatable bonds is 7. The van der Waals surface area contributed by atoms with E-state index in [1.165, 1.54) is 0 Å². The third-order valence-corrected chi connectivity index (χ3v) is 7.99. The monoisotopic (exact) mass is 503 g/mol. The number of aromatic nitrogens is 3. The van der Waals surface area contributed by atoms with Gasteiger partial charge in [-0.2, -0.15) is 0 Å². The number of imidazole rings is 1. The smallest absolute Gasteiger partial charge is 0.261 e. The van der Waals surface area contributed by atoms with Crippen molar-refractivity contribution in [3.8, 4) is 11.4 Å². The van der Waals surface area contributed by atoms with E-state index in [9.17, 15) is 4.79 Å². The molecular formula is C28H34FN7O. The highest BCUT2D eigenvalue weighted by Gasteiger charge is 2.35. The fraction of sp³-hybridized carbons (Fsp3) is 0.429. The maximum Gasteiger partial charge on any atom is 0.261 e. The first-order valence-electron chi connectivity index (χ1n) is 13.1. The van der Waals surface area contributed by atoms with Crippen LogP contribution in [0.4, 0.5) is 15.8 Å². The van der Waals surface area contributed by atoms with Gasteiger partial charge in [0.25, 0.3) is 5.56 Å². The van der Waals surface area contributed by atoms with Gasteiger partial charge in [0.15, 0.2) is 0 Å². The quantitative estimate of drug-likeness (QED) is 0.357. The fourth-order valence-corrected chi connectivity index (χ4v) is 5.83. The number of piperidine rings is 3. The van der Waals surface area contributed by atoms with E-state index < -0.39 is 0 Å². The number of likely N-dealkylation sites (N-methyl/N-ethyl adjacent to an activating group) is 2. The third kappa shape index (κ3) is 4.46. The number of anilines is 2. The molecule has 2 bridgehead atoms. The molecule has 0 radical (unpaired) electrons. The molecule has 5 heterocycles. The SMILES string of the molecule is CN(C)CCN(C)c1cc2[nH]c(=O)c(-c3nc4ccccc4[nH]3)c(N[C@H]3CN4CCC3CC4)c2cc1F. The summed E-state index contributed by atoms with van der Waals surface area (Å²) in [6, 6.07) is 11.2. The van der Waals surface area contributed by atoms with Crippen LogP contribution in [0.25, 0.3) is 33.3 Å². The first kappa shape index (κ1) is 23.9. The maximum atomic E-state index is 15.6. The summed E-state index contributed by atoms with van der Waals surface area (Å²) in [5.41, 5.74) is 3.55. The lowest BCUT2D eigenvalue weighted by Crippen LogP contribution is -2.53. The minimum absolute atomic E-state index is 0.195. The van der Waals surface area contributed by atoms with Gasteiger partial charge in [0.2, 0.25) is 0 Å². The summed E-state index contributed by atoms with van der Waals surface area (Å²) in [5, 5.41) is 4.38. The minimum Gasteiger partial charge on any atom is -0.379 e. The van der Waals surface area contributed by atoms with Gasteiger partial charge in [-0.15, -0.1) is 0 Å². The molecule has 37 heavy (non-hydrogen) atoms. The van der Waals surface area contributed by atoms with Gasteiger partial charge < -0.3 is 30.0 Å². The van der Waals surface area contributed by atoms with Crippen LogP contribution >= 0.6 is 0 Å². The van der Waals surface area contributed by atoms with Crippen molar-refractivity contribution in [3.63, 3.8) is 0 Å². The van der Waals surface area contributed by atoms with Gasteiger partial charge in [-0.25, -0.2) is 9.37 Å². The molecular weight excluding hydrogens is 469 g/mol. The van der Waals surface area contributed by atoms with E-state index in [0.717, 1.165) is 50.1 Å². The number of aromatic amines is 2. The van der Waals surface area contributed by atoms with E-state index in [1.807, 2.05) is 50.3 Å². The Morgan fingerprint density at radius 1 is 1.08 bits per heavy atom. The molecule has 9 heteroatoms. The summed E-state index contributed by atoms with van der Waals surface area (Å²) in [5.74, 6) is 0.707. The van der Waals surface area contributed by atoms with Crippen LogP contribution in [0.1, 0.15) is 12.8 Å². The van der Waals surface area contributed by atoms with Gasteiger partial charge in [-0.1, -0.05) is 12.1 Å². The van der Waals surface area contributed by atoms with Crippen molar-refractivity contribution < 1.29 is 4.39 Å². The van der Waals surface area contributed by atoms with Crippen molar-refractivity contribution in [2.45, 2.75) is 18.9 Å². The Morgan fingerprint density at radius 2 is 1.86 bits per heavy atom. The van der Waals surface area contributed by atoms with E-state index >= 15 is 4.39 Å². The lowest BCUT2D eigenvalue weighted by molar-refractivity contribution is 0.0976. The van der Waals surface area contributed by atoms with Crippen LogP contribution in [0, 0.1) is 11.7 Å². The van der Waals surface area contributed by atoms with Crippen molar-refractivity contribution in [2.24, 2.45) is 5.92 Å². The molecule has 3 N–H and O–H groups in total. The van der Waals surface area contributed by atoms with Crippen LogP contribution in [-0.4, -0.2) is 84.7 Å². The molecule has 0 amide bonds. The van der Waals surface area contributed by atoms with Gasteiger partial charge in [0.05, 0.1) is 27.9 Å². The maximum absolute atomic E-state index is 15.6. The molecule has 1 atom stereocenters. The zero-order chi connectivity index (χ0) is 25.7. The molecule has 0 aliphatic carbocycles. The minimum atomic E-state index is -0.312. The number of fused-ring (bicyclic) bond motifs is 5.